The standard InChI is InChI=1S/C23H17N/c24-16-18-7-5-6-17(14-18)15-23-21-10-3-1-8-19(21)12-13-20-9-2-4-11-22(20)23/h1-11,14-15H,12-13H2. The van der Waals surface area contributed by atoms with Crippen molar-refractivity contribution in [1.82, 2.24) is 0 Å². The van der Waals surface area contributed by atoms with Gasteiger partial charge in [-0.15, -0.1) is 0 Å². The molecule has 3 aromatic carbocycles. The van der Waals surface area contributed by atoms with Crippen LogP contribution >= 0.6 is 0 Å². The minimum Gasteiger partial charge on any atom is -0.192 e. The molecule has 0 amide bonds. The second-order valence-electron chi connectivity index (χ2n) is 6.11. The lowest BCUT2D eigenvalue weighted by atomic mass is 9.92. The second-order valence-corrected chi connectivity index (χ2v) is 6.11. The van der Waals surface area contributed by atoms with Gasteiger partial charge in [0, 0.05) is 0 Å². The van der Waals surface area contributed by atoms with E-state index in [0.29, 0.717) is 5.56 Å². The summed E-state index contributed by atoms with van der Waals surface area (Å²) in [6.07, 6.45) is 4.33. The van der Waals surface area contributed by atoms with E-state index in [-0.39, 0.29) is 0 Å². The van der Waals surface area contributed by atoms with Crippen molar-refractivity contribution >= 4 is 11.6 Å². The molecule has 0 radical (unpaired) electrons. The van der Waals surface area contributed by atoms with Crippen LogP contribution in [0.4, 0.5) is 0 Å². The minimum absolute atomic E-state index is 0.694. The van der Waals surface area contributed by atoms with Crippen LogP contribution in [0, 0.1) is 11.3 Å². The van der Waals surface area contributed by atoms with E-state index in [0.717, 1.165) is 18.4 Å². The lowest BCUT2D eigenvalue weighted by Crippen LogP contribution is -1.92. The van der Waals surface area contributed by atoms with Crippen molar-refractivity contribution in [2.75, 3.05) is 0 Å². The van der Waals surface area contributed by atoms with Crippen LogP contribution in [0.5, 0.6) is 0 Å². The largest absolute Gasteiger partial charge is 0.192 e. The highest BCUT2D eigenvalue weighted by Gasteiger charge is 2.17. The molecular formula is C23H17N. The molecule has 4 rings (SSSR count). The summed E-state index contributed by atoms with van der Waals surface area (Å²) in [5.74, 6) is 0. The molecule has 24 heavy (non-hydrogen) atoms. The van der Waals surface area contributed by atoms with Crippen molar-refractivity contribution in [2.24, 2.45) is 0 Å². The summed E-state index contributed by atoms with van der Waals surface area (Å²) in [6, 6.07) is 27.3. The van der Waals surface area contributed by atoms with E-state index < -0.39 is 0 Å². The van der Waals surface area contributed by atoms with E-state index in [4.69, 9.17) is 5.26 Å². The van der Waals surface area contributed by atoms with Gasteiger partial charge in [0.25, 0.3) is 0 Å². The molecular weight excluding hydrogens is 290 g/mol. The quantitative estimate of drug-likeness (QED) is 0.602. The van der Waals surface area contributed by atoms with Gasteiger partial charge in [-0.1, -0.05) is 60.7 Å². The molecule has 0 aromatic heterocycles. The van der Waals surface area contributed by atoms with Crippen molar-refractivity contribution in [3.05, 3.63) is 106 Å². The maximum atomic E-state index is 9.16. The number of hydrogen-bond acceptors (Lipinski definition) is 1. The van der Waals surface area contributed by atoms with Crippen LogP contribution in [-0.2, 0) is 12.8 Å². The molecule has 0 saturated heterocycles. The fourth-order valence-corrected chi connectivity index (χ4v) is 3.44. The highest BCUT2D eigenvalue weighted by Crippen LogP contribution is 2.34. The second kappa shape index (κ2) is 6.18. The minimum atomic E-state index is 0.694. The Morgan fingerprint density at radius 2 is 1.38 bits per heavy atom. The zero-order valence-corrected chi connectivity index (χ0v) is 13.4. The molecule has 0 spiro atoms. The highest BCUT2D eigenvalue weighted by atomic mass is 14.2. The van der Waals surface area contributed by atoms with Crippen molar-refractivity contribution in [3.63, 3.8) is 0 Å². The third-order valence-corrected chi connectivity index (χ3v) is 4.61. The Morgan fingerprint density at radius 1 is 0.750 bits per heavy atom. The maximum Gasteiger partial charge on any atom is 0.0991 e. The summed E-state index contributed by atoms with van der Waals surface area (Å²) < 4.78 is 0. The van der Waals surface area contributed by atoms with Crippen molar-refractivity contribution in [2.45, 2.75) is 12.8 Å². The van der Waals surface area contributed by atoms with E-state index in [2.05, 4.69) is 66.7 Å². The van der Waals surface area contributed by atoms with Gasteiger partial charge >= 0.3 is 0 Å². The molecule has 0 unspecified atom stereocenters. The van der Waals surface area contributed by atoms with Gasteiger partial charge in [0.2, 0.25) is 0 Å². The molecule has 1 aliphatic rings. The molecule has 0 atom stereocenters. The first-order valence-corrected chi connectivity index (χ1v) is 8.23. The predicted octanol–water partition coefficient (Wildman–Crippen LogP) is 5.25. The average Bonchev–Trinajstić information content (AvgIpc) is 2.80. The Kier molecular flexibility index (Phi) is 3.73. The van der Waals surface area contributed by atoms with Gasteiger partial charge in [-0.2, -0.15) is 5.26 Å². The molecule has 0 heterocycles. The molecule has 114 valence electrons. The SMILES string of the molecule is N#Cc1cccc(C=C2c3ccccc3CCc3ccccc32)c1. The molecule has 1 heteroatoms. The normalized spacial score (nSPS) is 12.5. The van der Waals surface area contributed by atoms with Crippen molar-refractivity contribution in [1.29, 1.82) is 5.26 Å². The third-order valence-electron chi connectivity index (χ3n) is 4.61. The average molecular weight is 307 g/mol. The molecule has 1 aliphatic carbocycles. The van der Waals surface area contributed by atoms with Crippen molar-refractivity contribution in [3.8, 4) is 6.07 Å². The first kappa shape index (κ1) is 14.5. The van der Waals surface area contributed by atoms with Crippen LogP contribution in [0.2, 0.25) is 0 Å². The van der Waals surface area contributed by atoms with Gasteiger partial charge in [0.1, 0.15) is 0 Å². The summed E-state index contributed by atoms with van der Waals surface area (Å²) >= 11 is 0. The van der Waals surface area contributed by atoms with Gasteiger partial charge in [0.05, 0.1) is 11.6 Å². The number of hydrogen-bond donors (Lipinski definition) is 0. The van der Waals surface area contributed by atoms with Crippen LogP contribution in [0.3, 0.4) is 0 Å². The number of benzene rings is 3. The Hall–Kier alpha value is -3.11. The predicted molar refractivity (Wildman–Crippen MR) is 98.4 cm³/mol. The molecule has 0 bridgehead atoms. The van der Waals surface area contributed by atoms with Gasteiger partial charge in [-0.25, -0.2) is 0 Å². The Bertz CT molecular complexity index is 924. The number of rotatable bonds is 1. The van der Waals surface area contributed by atoms with E-state index in [1.807, 2.05) is 18.2 Å². The van der Waals surface area contributed by atoms with Gasteiger partial charge in [-0.05, 0) is 64.4 Å². The van der Waals surface area contributed by atoms with Crippen LogP contribution in [0.15, 0.2) is 72.8 Å². The molecule has 3 aromatic rings. The summed E-state index contributed by atoms with van der Waals surface area (Å²) in [5, 5.41) is 9.16. The van der Waals surface area contributed by atoms with Crippen LogP contribution in [0.1, 0.15) is 33.4 Å². The Labute approximate surface area is 142 Å². The lowest BCUT2D eigenvalue weighted by Gasteiger charge is -2.12. The molecule has 0 N–H and O–H groups in total. The van der Waals surface area contributed by atoms with Crippen LogP contribution in [-0.4, -0.2) is 0 Å². The fraction of sp³-hybridized carbons (Fsp3) is 0.0870. The van der Waals surface area contributed by atoms with E-state index in [1.54, 1.807) is 0 Å². The summed E-state index contributed by atoms with van der Waals surface area (Å²) in [6.45, 7) is 0. The first-order chi connectivity index (χ1) is 11.8. The zero-order valence-electron chi connectivity index (χ0n) is 13.4. The topological polar surface area (TPSA) is 23.8 Å². The van der Waals surface area contributed by atoms with Crippen LogP contribution < -0.4 is 0 Å². The Balaban J connectivity index is 1.96. The fourth-order valence-electron chi connectivity index (χ4n) is 3.44. The summed E-state index contributed by atoms with van der Waals surface area (Å²) in [5.41, 5.74) is 8.37. The van der Waals surface area contributed by atoms with Gasteiger partial charge in [0.15, 0.2) is 0 Å². The highest BCUT2D eigenvalue weighted by molar-refractivity contribution is 5.94. The van der Waals surface area contributed by atoms with Gasteiger partial charge < -0.3 is 0 Å². The van der Waals surface area contributed by atoms with E-state index in [9.17, 15) is 0 Å². The van der Waals surface area contributed by atoms with Gasteiger partial charge in [-0.3, -0.25) is 0 Å². The monoisotopic (exact) mass is 307 g/mol. The summed E-state index contributed by atoms with van der Waals surface area (Å²) in [4.78, 5) is 0. The van der Waals surface area contributed by atoms with Crippen molar-refractivity contribution < 1.29 is 0 Å². The Morgan fingerprint density at radius 3 is 2.00 bits per heavy atom. The first-order valence-electron chi connectivity index (χ1n) is 8.23. The lowest BCUT2D eigenvalue weighted by molar-refractivity contribution is 0.965. The number of aryl methyl sites for hydroxylation is 2. The maximum absolute atomic E-state index is 9.16. The molecule has 0 fully saturated rings. The molecule has 0 aliphatic heterocycles. The number of nitrogens with zero attached hydrogens (tertiary/aromatic N) is 1. The zero-order chi connectivity index (χ0) is 16.4. The molecule has 0 saturated carbocycles. The third kappa shape index (κ3) is 2.64. The smallest absolute Gasteiger partial charge is 0.0991 e. The summed E-state index contributed by atoms with van der Waals surface area (Å²) in [7, 11) is 0. The number of nitriles is 1. The molecule has 1 nitrogen and oxygen atoms in total. The number of fused-ring (bicyclic) bond motifs is 2. The van der Waals surface area contributed by atoms with Crippen LogP contribution in [0.25, 0.3) is 11.6 Å². The van der Waals surface area contributed by atoms with E-state index >= 15 is 0 Å². The van der Waals surface area contributed by atoms with E-state index in [1.165, 1.54) is 27.8 Å².